The Kier molecular flexibility index (Phi) is 3.71. The second kappa shape index (κ2) is 4.11. The highest BCUT2D eigenvalue weighted by Gasteiger charge is 2.10. The van der Waals surface area contributed by atoms with Gasteiger partial charge in [-0.25, -0.2) is 4.99 Å². The summed E-state index contributed by atoms with van der Waals surface area (Å²) in [5, 5.41) is 0. The van der Waals surface area contributed by atoms with E-state index in [0.29, 0.717) is 5.96 Å². The molecule has 5 heteroatoms. The van der Waals surface area contributed by atoms with Crippen LogP contribution in [-0.4, -0.2) is 36.5 Å². The minimum Gasteiger partial charge on any atom is -0.370 e. The van der Waals surface area contributed by atoms with Crippen molar-refractivity contribution in [2.45, 2.75) is 26.3 Å². The van der Waals surface area contributed by atoms with Crippen LogP contribution < -0.4 is 11.5 Å². The van der Waals surface area contributed by atoms with Gasteiger partial charge in [0, 0.05) is 14.1 Å². The highest BCUT2D eigenvalue weighted by atomic mass is 15.3. The van der Waals surface area contributed by atoms with Crippen LogP contribution in [0.2, 0.25) is 0 Å². The summed E-state index contributed by atoms with van der Waals surface area (Å²) in [6.07, 6.45) is 0. The third kappa shape index (κ3) is 5.95. The first-order chi connectivity index (χ1) is 5.72. The second-order valence-corrected chi connectivity index (χ2v) is 4.01. The average Bonchev–Trinajstić information content (AvgIpc) is 1.81. The monoisotopic (exact) mass is 185 g/mol. The molecule has 0 aromatic heterocycles. The molecule has 0 aliphatic heterocycles. The number of rotatable bonds is 0. The smallest absolute Gasteiger partial charge is 0.223 e. The largest absolute Gasteiger partial charge is 0.370 e. The molecule has 0 unspecified atom stereocenters. The zero-order chi connectivity index (χ0) is 10.6. The molecule has 0 atom stereocenters. The van der Waals surface area contributed by atoms with E-state index in [1.807, 2.05) is 34.9 Å². The zero-order valence-corrected chi connectivity index (χ0v) is 9.00. The van der Waals surface area contributed by atoms with E-state index in [-0.39, 0.29) is 11.5 Å². The average molecular weight is 185 g/mol. The molecule has 0 rings (SSSR count). The molecule has 0 heterocycles. The first-order valence-electron chi connectivity index (χ1n) is 4.09. The van der Waals surface area contributed by atoms with E-state index in [4.69, 9.17) is 11.5 Å². The number of hydrogen-bond donors (Lipinski definition) is 2. The minimum atomic E-state index is -0.182. The molecule has 0 aromatic rings. The van der Waals surface area contributed by atoms with Crippen LogP contribution >= 0.6 is 0 Å². The normalized spacial score (nSPS) is 12.5. The molecule has 0 saturated heterocycles. The number of nitrogens with zero attached hydrogens (tertiary/aromatic N) is 3. The molecule has 0 amide bonds. The number of hydrogen-bond acceptors (Lipinski definition) is 1. The fourth-order valence-electron chi connectivity index (χ4n) is 0.640. The van der Waals surface area contributed by atoms with Crippen LogP contribution in [0.1, 0.15) is 20.8 Å². The molecule has 4 N–H and O–H groups in total. The molecular weight excluding hydrogens is 166 g/mol. The lowest BCUT2D eigenvalue weighted by Crippen LogP contribution is -2.31. The maximum atomic E-state index is 5.27. The minimum absolute atomic E-state index is 0.0247. The van der Waals surface area contributed by atoms with Gasteiger partial charge in [0.05, 0.1) is 5.54 Å². The summed E-state index contributed by atoms with van der Waals surface area (Å²) in [5.41, 5.74) is 10.4. The van der Waals surface area contributed by atoms with Crippen LogP contribution in [0.4, 0.5) is 0 Å². The maximum Gasteiger partial charge on any atom is 0.223 e. The van der Waals surface area contributed by atoms with Gasteiger partial charge in [-0.05, 0) is 20.8 Å². The van der Waals surface area contributed by atoms with Crippen molar-refractivity contribution >= 4 is 11.9 Å². The van der Waals surface area contributed by atoms with Crippen LogP contribution in [0.5, 0.6) is 0 Å². The van der Waals surface area contributed by atoms with Crippen molar-refractivity contribution in [1.82, 2.24) is 4.90 Å². The number of aliphatic imine (C=N–C) groups is 2. The molecular formula is C8H19N5. The van der Waals surface area contributed by atoms with E-state index >= 15 is 0 Å². The van der Waals surface area contributed by atoms with Gasteiger partial charge in [0.1, 0.15) is 0 Å². The van der Waals surface area contributed by atoms with Gasteiger partial charge in [-0.15, -0.1) is 0 Å². The van der Waals surface area contributed by atoms with Gasteiger partial charge >= 0.3 is 0 Å². The molecule has 0 radical (unpaired) electrons. The summed E-state index contributed by atoms with van der Waals surface area (Å²) < 4.78 is 0. The zero-order valence-electron chi connectivity index (χ0n) is 9.00. The summed E-state index contributed by atoms with van der Waals surface area (Å²) in [6.45, 7) is 5.95. The highest BCUT2D eigenvalue weighted by molar-refractivity contribution is 5.93. The lowest BCUT2D eigenvalue weighted by Gasteiger charge is -2.18. The molecule has 0 saturated carbocycles. The van der Waals surface area contributed by atoms with Gasteiger partial charge in [-0.2, -0.15) is 4.99 Å². The highest BCUT2D eigenvalue weighted by Crippen LogP contribution is 2.07. The van der Waals surface area contributed by atoms with Gasteiger partial charge < -0.3 is 16.4 Å². The molecule has 13 heavy (non-hydrogen) atoms. The first-order valence-corrected chi connectivity index (χ1v) is 4.09. The Morgan fingerprint density at radius 1 is 1.15 bits per heavy atom. The molecule has 0 spiro atoms. The topological polar surface area (TPSA) is 80.0 Å². The van der Waals surface area contributed by atoms with E-state index in [9.17, 15) is 0 Å². The maximum absolute atomic E-state index is 5.27. The van der Waals surface area contributed by atoms with E-state index in [1.54, 1.807) is 4.90 Å². The SMILES string of the molecule is CN(C)C(N=C(N)N)=NC(C)(C)C. The van der Waals surface area contributed by atoms with Crippen LogP contribution in [0.15, 0.2) is 9.98 Å². The van der Waals surface area contributed by atoms with Gasteiger partial charge in [0.15, 0.2) is 5.96 Å². The Balaban J connectivity index is 4.83. The van der Waals surface area contributed by atoms with E-state index in [2.05, 4.69) is 9.98 Å². The molecule has 0 aliphatic rings. The Labute approximate surface area is 79.5 Å². The van der Waals surface area contributed by atoms with Crippen molar-refractivity contribution < 1.29 is 0 Å². The molecule has 0 bridgehead atoms. The number of guanidine groups is 2. The summed E-state index contributed by atoms with van der Waals surface area (Å²) in [6, 6.07) is 0. The lowest BCUT2D eigenvalue weighted by atomic mass is 10.1. The van der Waals surface area contributed by atoms with E-state index in [0.717, 1.165) is 0 Å². The molecule has 5 nitrogen and oxygen atoms in total. The van der Waals surface area contributed by atoms with Crippen molar-refractivity contribution in [2.24, 2.45) is 21.5 Å². The van der Waals surface area contributed by atoms with Crippen LogP contribution in [0.3, 0.4) is 0 Å². The van der Waals surface area contributed by atoms with Crippen molar-refractivity contribution in [1.29, 1.82) is 0 Å². The van der Waals surface area contributed by atoms with E-state index < -0.39 is 0 Å². The lowest BCUT2D eigenvalue weighted by molar-refractivity contribution is 0.543. The second-order valence-electron chi connectivity index (χ2n) is 4.01. The molecule has 0 aliphatic carbocycles. The third-order valence-corrected chi connectivity index (χ3v) is 1.06. The van der Waals surface area contributed by atoms with Crippen molar-refractivity contribution in [3.63, 3.8) is 0 Å². The summed E-state index contributed by atoms with van der Waals surface area (Å²) in [5.74, 6) is 0.559. The summed E-state index contributed by atoms with van der Waals surface area (Å²) in [7, 11) is 3.69. The molecule has 0 fully saturated rings. The third-order valence-electron chi connectivity index (χ3n) is 1.06. The fraction of sp³-hybridized carbons (Fsp3) is 0.750. The molecule has 76 valence electrons. The predicted octanol–water partition coefficient (Wildman–Crippen LogP) is -0.0241. The van der Waals surface area contributed by atoms with Gasteiger partial charge in [0.25, 0.3) is 0 Å². The Bertz CT molecular complexity index is 217. The van der Waals surface area contributed by atoms with Crippen LogP contribution in [-0.2, 0) is 0 Å². The van der Waals surface area contributed by atoms with Crippen LogP contribution in [0, 0.1) is 0 Å². The Morgan fingerprint density at radius 3 is 1.85 bits per heavy atom. The van der Waals surface area contributed by atoms with Crippen LogP contribution in [0.25, 0.3) is 0 Å². The summed E-state index contributed by atoms with van der Waals surface area (Å²) in [4.78, 5) is 10.0. The predicted molar refractivity (Wildman–Crippen MR) is 56.7 cm³/mol. The quantitative estimate of drug-likeness (QED) is 0.411. The van der Waals surface area contributed by atoms with E-state index in [1.165, 1.54) is 0 Å². The Morgan fingerprint density at radius 2 is 1.62 bits per heavy atom. The van der Waals surface area contributed by atoms with Crippen molar-refractivity contribution in [3.05, 3.63) is 0 Å². The Hall–Kier alpha value is -1.26. The summed E-state index contributed by atoms with van der Waals surface area (Å²) >= 11 is 0. The number of nitrogens with two attached hydrogens (primary N) is 2. The van der Waals surface area contributed by atoms with Crippen molar-refractivity contribution in [3.8, 4) is 0 Å². The van der Waals surface area contributed by atoms with Crippen molar-refractivity contribution in [2.75, 3.05) is 14.1 Å². The first kappa shape index (κ1) is 11.7. The van der Waals surface area contributed by atoms with Gasteiger partial charge in [0.2, 0.25) is 5.96 Å². The fourth-order valence-corrected chi connectivity index (χ4v) is 0.640. The molecule has 0 aromatic carbocycles. The van der Waals surface area contributed by atoms with Gasteiger partial charge in [-0.3, -0.25) is 0 Å². The van der Waals surface area contributed by atoms with Gasteiger partial charge in [-0.1, -0.05) is 0 Å². The standard InChI is InChI=1S/C8H19N5/c1-8(2,3)12-7(13(4)5)11-6(9)10/h1-5H3,(H4,9,10,11,12).